The van der Waals surface area contributed by atoms with Gasteiger partial charge in [-0.2, -0.15) is 8.78 Å². The van der Waals surface area contributed by atoms with Crippen LogP contribution < -0.4 is 4.90 Å². The average molecular weight is 168 g/mol. The van der Waals surface area contributed by atoms with Crippen LogP contribution in [0.5, 0.6) is 0 Å². The number of alkyl halides is 2. The molecule has 0 aromatic heterocycles. The second kappa shape index (κ2) is 2.44. The largest absolute Gasteiger partial charge is 0.327 e. The zero-order chi connectivity index (χ0) is 8.60. The first-order valence-electron chi connectivity index (χ1n) is 3.82. The topological polar surface area (TPSA) is 3.24 Å². The molecule has 1 radical (unpaired) electrons. The third kappa shape index (κ3) is 1.05. The molecule has 0 N–H and O–H groups in total. The van der Waals surface area contributed by atoms with E-state index in [9.17, 15) is 8.78 Å². The van der Waals surface area contributed by atoms with Gasteiger partial charge in [-0.1, -0.05) is 12.1 Å². The Hall–Kier alpha value is -1.12. The lowest BCUT2D eigenvalue weighted by molar-refractivity contribution is -0.0547. The van der Waals surface area contributed by atoms with Crippen molar-refractivity contribution < 1.29 is 8.78 Å². The van der Waals surface area contributed by atoms with Crippen LogP contribution in [0.3, 0.4) is 0 Å². The van der Waals surface area contributed by atoms with Gasteiger partial charge in [-0.15, -0.1) is 0 Å². The quantitative estimate of drug-likeness (QED) is 0.581. The first-order chi connectivity index (χ1) is 5.70. The van der Waals surface area contributed by atoms with Gasteiger partial charge in [-0.25, -0.2) is 0 Å². The maximum atomic E-state index is 12.8. The predicted octanol–water partition coefficient (Wildman–Crippen LogP) is 2.29. The van der Waals surface area contributed by atoms with Crippen molar-refractivity contribution in [2.75, 3.05) is 11.4 Å². The van der Waals surface area contributed by atoms with E-state index in [2.05, 4.69) is 6.07 Å². The molecule has 1 saturated heterocycles. The predicted molar refractivity (Wildman–Crippen MR) is 42.2 cm³/mol. The molecule has 1 fully saturated rings. The molecule has 63 valence electrons. The minimum absolute atomic E-state index is 0.0398. The summed E-state index contributed by atoms with van der Waals surface area (Å²) in [4.78, 5) is 1.09. The Labute approximate surface area is 69.6 Å². The molecular formula is C9H8F2N. The van der Waals surface area contributed by atoms with E-state index in [1.165, 1.54) is 0 Å². The highest BCUT2D eigenvalue weighted by Crippen LogP contribution is 2.37. The van der Waals surface area contributed by atoms with Crippen molar-refractivity contribution in [1.82, 2.24) is 0 Å². The maximum Gasteiger partial charge on any atom is 0.327 e. The van der Waals surface area contributed by atoms with Crippen LogP contribution in [0.4, 0.5) is 14.5 Å². The molecule has 1 aromatic carbocycles. The van der Waals surface area contributed by atoms with Gasteiger partial charge in [0, 0.05) is 18.7 Å². The Kier molecular flexibility index (Phi) is 1.53. The summed E-state index contributed by atoms with van der Waals surface area (Å²) < 4.78 is 25.6. The maximum absolute atomic E-state index is 12.8. The molecule has 0 saturated carbocycles. The van der Waals surface area contributed by atoms with Crippen LogP contribution >= 0.6 is 0 Å². The van der Waals surface area contributed by atoms with Crippen LogP contribution in [-0.4, -0.2) is 12.6 Å². The molecule has 1 nitrogen and oxygen atoms in total. The van der Waals surface area contributed by atoms with E-state index < -0.39 is 6.05 Å². The van der Waals surface area contributed by atoms with Crippen molar-refractivity contribution in [2.45, 2.75) is 12.5 Å². The van der Waals surface area contributed by atoms with Crippen LogP contribution in [0.1, 0.15) is 6.42 Å². The van der Waals surface area contributed by atoms with E-state index in [0.717, 1.165) is 4.90 Å². The van der Waals surface area contributed by atoms with E-state index >= 15 is 0 Å². The van der Waals surface area contributed by atoms with Gasteiger partial charge in [0.1, 0.15) is 0 Å². The highest BCUT2D eigenvalue weighted by Gasteiger charge is 2.45. The van der Waals surface area contributed by atoms with Gasteiger partial charge in [0.15, 0.2) is 0 Å². The molecule has 0 bridgehead atoms. The summed E-state index contributed by atoms with van der Waals surface area (Å²) in [5.74, 6) is 0. The summed E-state index contributed by atoms with van der Waals surface area (Å²) in [6.45, 7) is 0.435. The summed E-state index contributed by atoms with van der Waals surface area (Å²) in [7, 11) is 0. The number of nitrogens with zero attached hydrogens (tertiary/aromatic N) is 1. The monoisotopic (exact) mass is 168 g/mol. The summed E-state index contributed by atoms with van der Waals surface area (Å²) in [6, 6.07) is 6.78. The zero-order valence-electron chi connectivity index (χ0n) is 6.43. The molecular weight excluding hydrogens is 160 g/mol. The lowest BCUT2D eigenvalue weighted by atomic mass is 10.1. The van der Waals surface area contributed by atoms with Gasteiger partial charge in [0.2, 0.25) is 0 Å². The zero-order valence-corrected chi connectivity index (χ0v) is 6.43. The van der Waals surface area contributed by atoms with Crippen molar-refractivity contribution in [3.8, 4) is 0 Å². The molecule has 0 unspecified atom stereocenters. The SMILES string of the molecule is FC1(F)CCN1c1c[c]ccc1. The average Bonchev–Trinajstić information content (AvgIpc) is 2.05. The van der Waals surface area contributed by atoms with Crippen molar-refractivity contribution in [3.63, 3.8) is 0 Å². The van der Waals surface area contributed by atoms with Crippen LogP contribution in [0.25, 0.3) is 0 Å². The second-order valence-electron chi connectivity index (χ2n) is 2.83. The van der Waals surface area contributed by atoms with Gasteiger partial charge < -0.3 is 4.90 Å². The number of hydrogen-bond donors (Lipinski definition) is 0. The minimum Gasteiger partial charge on any atom is -0.313 e. The first kappa shape index (κ1) is 7.53. The van der Waals surface area contributed by atoms with E-state index in [0.29, 0.717) is 12.2 Å². The molecule has 1 heterocycles. The van der Waals surface area contributed by atoms with Crippen LogP contribution in [-0.2, 0) is 0 Å². The normalized spacial score (nSPS) is 20.3. The fraction of sp³-hybridized carbons (Fsp3) is 0.333. The minimum atomic E-state index is -2.64. The lowest BCUT2D eigenvalue weighted by Gasteiger charge is -2.41. The number of rotatable bonds is 1. The van der Waals surface area contributed by atoms with Crippen molar-refractivity contribution in [2.24, 2.45) is 0 Å². The first-order valence-corrected chi connectivity index (χ1v) is 3.82. The fourth-order valence-electron chi connectivity index (χ4n) is 1.26. The Bertz CT molecular complexity index is 271. The Morgan fingerprint density at radius 3 is 2.75 bits per heavy atom. The third-order valence-electron chi connectivity index (χ3n) is 2.03. The number of benzene rings is 1. The number of hydrogen-bond acceptors (Lipinski definition) is 1. The highest BCUT2D eigenvalue weighted by atomic mass is 19.3. The molecule has 1 aliphatic rings. The Balaban J connectivity index is 2.22. The molecule has 0 atom stereocenters. The van der Waals surface area contributed by atoms with Gasteiger partial charge in [-0.3, -0.25) is 0 Å². The van der Waals surface area contributed by atoms with Crippen LogP contribution in [0.15, 0.2) is 24.3 Å². The van der Waals surface area contributed by atoms with Crippen LogP contribution in [0.2, 0.25) is 0 Å². The van der Waals surface area contributed by atoms with Gasteiger partial charge in [0.05, 0.1) is 0 Å². The molecule has 2 rings (SSSR count). The smallest absolute Gasteiger partial charge is 0.313 e. The van der Waals surface area contributed by atoms with E-state index in [1.54, 1.807) is 24.3 Å². The molecule has 0 aliphatic carbocycles. The molecule has 0 spiro atoms. The standard InChI is InChI=1S/C9H8F2N/c10-9(11)6-7-12(9)8-4-2-1-3-5-8/h1-2,4-5H,6-7H2. The third-order valence-corrected chi connectivity index (χ3v) is 2.03. The lowest BCUT2D eigenvalue weighted by Crippen LogP contribution is -2.53. The fourth-order valence-corrected chi connectivity index (χ4v) is 1.26. The van der Waals surface area contributed by atoms with Gasteiger partial charge >= 0.3 is 6.05 Å². The number of anilines is 1. The van der Waals surface area contributed by atoms with E-state index in [1.807, 2.05) is 0 Å². The summed E-state index contributed by atoms with van der Waals surface area (Å²) in [6.07, 6.45) is -0.0398. The highest BCUT2D eigenvalue weighted by molar-refractivity contribution is 5.49. The van der Waals surface area contributed by atoms with Crippen LogP contribution in [0, 0.1) is 6.07 Å². The molecule has 0 amide bonds. The van der Waals surface area contributed by atoms with Gasteiger partial charge in [0.25, 0.3) is 0 Å². The molecule has 1 aliphatic heterocycles. The molecule has 1 aromatic rings. The van der Waals surface area contributed by atoms with E-state index in [4.69, 9.17) is 0 Å². The Morgan fingerprint density at radius 2 is 2.33 bits per heavy atom. The van der Waals surface area contributed by atoms with Gasteiger partial charge in [-0.05, 0) is 18.2 Å². The van der Waals surface area contributed by atoms with Crippen molar-refractivity contribution >= 4 is 5.69 Å². The van der Waals surface area contributed by atoms with Crippen molar-refractivity contribution in [3.05, 3.63) is 30.3 Å². The van der Waals surface area contributed by atoms with Crippen molar-refractivity contribution in [1.29, 1.82) is 0 Å². The Morgan fingerprint density at radius 1 is 1.50 bits per heavy atom. The number of halogens is 2. The summed E-state index contributed by atoms with van der Waals surface area (Å²) >= 11 is 0. The summed E-state index contributed by atoms with van der Waals surface area (Å²) in [5.41, 5.74) is 0.550. The second-order valence-corrected chi connectivity index (χ2v) is 2.83. The summed E-state index contributed by atoms with van der Waals surface area (Å²) in [5, 5.41) is 0. The van der Waals surface area contributed by atoms with E-state index in [-0.39, 0.29) is 6.42 Å². The molecule has 12 heavy (non-hydrogen) atoms. The molecule has 3 heteroatoms.